The second-order valence-corrected chi connectivity index (χ2v) is 35.8. The van der Waals surface area contributed by atoms with Crippen molar-refractivity contribution >= 4 is 122 Å². The number of hydrogen-bond donors (Lipinski definition) is 0. The van der Waals surface area contributed by atoms with Gasteiger partial charge in [0.25, 0.3) is 0 Å². The lowest BCUT2D eigenvalue weighted by atomic mass is 9.92. The summed E-state index contributed by atoms with van der Waals surface area (Å²) in [6.07, 6.45) is 0. The van der Waals surface area contributed by atoms with Gasteiger partial charge in [-0.15, -0.1) is 0 Å². The van der Waals surface area contributed by atoms with Crippen molar-refractivity contribution in [2.75, 3.05) is 9.80 Å². The smallest absolute Gasteiger partial charge is 0.143 e. The summed E-state index contributed by atoms with van der Waals surface area (Å²) in [7, 11) is 0. The third-order valence-corrected chi connectivity index (χ3v) is 27.7. The highest BCUT2D eigenvalue weighted by molar-refractivity contribution is 6.14. The van der Waals surface area contributed by atoms with Gasteiger partial charge in [-0.1, -0.05) is 346 Å². The van der Waals surface area contributed by atoms with Crippen molar-refractivity contribution in [1.82, 2.24) is 9.13 Å². The molecule has 26 rings (SSSR count). The second-order valence-electron chi connectivity index (χ2n) is 35.8. The van der Waals surface area contributed by atoms with Gasteiger partial charge in [-0.3, -0.25) is 0 Å². The third kappa shape index (κ3) is 14.6. The van der Waals surface area contributed by atoms with E-state index in [9.17, 15) is 0 Å². The van der Waals surface area contributed by atoms with E-state index in [1.54, 1.807) is 0 Å². The fourth-order valence-electron chi connectivity index (χ4n) is 20.9. The standard InChI is InChI=1S/C132H86N4O2/c1-5-23-87(24-6-1)101-79-102(88-25-7-2-8-26-88)82-105(81-101)95-53-67-111(68-54-95)134(113-75-59-98(60-76-113)116-36-22-38-123-121-34-16-20-42-130(121)138-132(116)123)109-65-51-93(52-66-109)100-61-77-119-117-31-13-17-39-125(117)136(128(119)86-100)114-71-47-91(48-72-114)90-43-45-94(46-44-90)104-80-103(89-27-9-3-10-28-89)83-106(84-104)96-55-69-110(70-56-96)133(112-73-57-97(58-74-112)115-35-21-37-122-120-33-15-19-41-129(120)137-131(115)122)108-63-49-92(50-64-108)99-62-78-127-124(85-99)118-32-14-18-40-126(118)135(127)107-29-11-4-12-30-107/h1-86H. The molecule has 0 atom stereocenters. The normalized spacial score (nSPS) is 11.6. The van der Waals surface area contributed by atoms with Crippen molar-refractivity contribution in [3.05, 3.63) is 522 Å². The first-order chi connectivity index (χ1) is 68.4. The van der Waals surface area contributed by atoms with E-state index in [1.807, 2.05) is 18.2 Å². The SMILES string of the molecule is c1ccc(-c2cc(-c3ccccc3)cc(-c3ccc(N(c4ccc(-c5ccc6c7ccccc7n(-c7ccc(-c8ccc(-c9cc(-c%10ccccc%10)cc(-c%10ccc(N(c%11ccc(-c%12ccc%13c(c%12)c%12ccccc%12n%13-c%12ccccc%12)cc%11)c%11ccc(-c%12cccc%13c%12oc%12ccccc%12%13)cc%11)cc%10)c9)cc8)cc7)c6c5)cc4)c4ccc(-c5cccc6c5oc5ccccc56)cc4)cc3)c2)cc1. The summed E-state index contributed by atoms with van der Waals surface area (Å²) in [6.45, 7) is 0. The van der Waals surface area contributed by atoms with Crippen LogP contribution in [0.1, 0.15) is 0 Å². The molecule has 0 spiro atoms. The number of hydrogen-bond acceptors (Lipinski definition) is 4. The van der Waals surface area contributed by atoms with Crippen molar-refractivity contribution in [1.29, 1.82) is 0 Å². The summed E-state index contributed by atoms with van der Waals surface area (Å²) in [5.41, 5.74) is 41.7. The third-order valence-electron chi connectivity index (χ3n) is 27.7. The number of para-hydroxylation sites is 7. The Labute approximate surface area is 799 Å². The molecule has 0 aliphatic carbocycles. The van der Waals surface area contributed by atoms with Crippen LogP contribution in [0, 0.1) is 0 Å². The maximum atomic E-state index is 6.58. The predicted octanol–water partition coefficient (Wildman–Crippen LogP) is 37.0. The molecule has 26 aromatic rings. The number of benzene rings is 22. The molecule has 0 saturated heterocycles. The van der Waals surface area contributed by atoms with Crippen LogP contribution in [0.15, 0.2) is 531 Å². The predicted molar refractivity (Wildman–Crippen MR) is 579 cm³/mol. The molecule has 0 aliphatic heterocycles. The highest BCUT2D eigenvalue weighted by Crippen LogP contribution is 2.48. The Balaban J connectivity index is 0.501. The molecule has 6 nitrogen and oxygen atoms in total. The molecule has 0 bridgehead atoms. The zero-order valence-corrected chi connectivity index (χ0v) is 75.3. The van der Waals surface area contributed by atoms with Crippen molar-refractivity contribution in [2.24, 2.45) is 0 Å². The number of furan rings is 2. The monoisotopic (exact) mass is 1760 g/mol. The Morgan fingerprint density at radius 3 is 0.790 bits per heavy atom. The van der Waals surface area contributed by atoms with E-state index >= 15 is 0 Å². The van der Waals surface area contributed by atoms with Gasteiger partial charge < -0.3 is 27.8 Å². The lowest BCUT2D eigenvalue weighted by Crippen LogP contribution is -2.09. The van der Waals surface area contributed by atoms with Crippen molar-refractivity contribution < 1.29 is 8.83 Å². The minimum Gasteiger partial charge on any atom is -0.455 e. The Hall–Kier alpha value is -18.4. The molecule has 4 aromatic heterocycles. The molecule has 646 valence electrons. The van der Waals surface area contributed by atoms with Gasteiger partial charge in [-0.2, -0.15) is 0 Å². The maximum Gasteiger partial charge on any atom is 0.143 e. The van der Waals surface area contributed by atoms with E-state index in [4.69, 9.17) is 8.83 Å². The Kier molecular flexibility index (Phi) is 19.9. The van der Waals surface area contributed by atoms with Gasteiger partial charge >= 0.3 is 0 Å². The molecule has 0 aliphatic rings. The molecule has 22 aromatic carbocycles. The maximum absolute atomic E-state index is 6.58. The van der Waals surface area contributed by atoms with E-state index in [-0.39, 0.29) is 0 Å². The van der Waals surface area contributed by atoms with Crippen LogP contribution in [0.5, 0.6) is 0 Å². The van der Waals surface area contributed by atoms with E-state index in [0.717, 1.165) is 201 Å². The number of rotatable bonds is 19. The quantitative estimate of drug-likeness (QED) is 0.0809. The lowest BCUT2D eigenvalue weighted by molar-refractivity contribution is 0.669. The molecule has 4 heterocycles. The van der Waals surface area contributed by atoms with Crippen LogP contribution in [0.4, 0.5) is 34.1 Å². The van der Waals surface area contributed by atoms with Gasteiger partial charge in [0.2, 0.25) is 0 Å². The van der Waals surface area contributed by atoms with E-state index in [2.05, 4.69) is 522 Å². The van der Waals surface area contributed by atoms with Crippen LogP contribution in [-0.4, -0.2) is 9.13 Å². The zero-order chi connectivity index (χ0) is 91.1. The fourth-order valence-corrected chi connectivity index (χ4v) is 20.9. The molecule has 0 radical (unpaired) electrons. The van der Waals surface area contributed by atoms with E-state index in [1.165, 1.54) is 54.8 Å². The van der Waals surface area contributed by atoms with Gasteiger partial charge in [-0.05, 0) is 287 Å². The largest absolute Gasteiger partial charge is 0.455 e. The van der Waals surface area contributed by atoms with Crippen molar-refractivity contribution in [3.8, 4) is 134 Å². The Morgan fingerprint density at radius 2 is 0.391 bits per heavy atom. The average Bonchev–Trinajstić information content (AvgIpc) is 1.59. The van der Waals surface area contributed by atoms with Crippen molar-refractivity contribution in [2.45, 2.75) is 0 Å². The van der Waals surface area contributed by atoms with Crippen LogP contribution in [0.25, 0.3) is 221 Å². The summed E-state index contributed by atoms with van der Waals surface area (Å²) in [4.78, 5) is 4.73. The highest BCUT2D eigenvalue weighted by atomic mass is 16.3. The Morgan fingerprint density at radius 1 is 0.138 bits per heavy atom. The molecular formula is C132H86N4O2. The summed E-state index contributed by atoms with van der Waals surface area (Å²) in [5.74, 6) is 0. The Bertz CT molecular complexity index is 9040. The highest BCUT2D eigenvalue weighted by Gasteiger charge is 2.24. The van der Waals surface area contributed by atoms with Crippen LogP contribution >= 0.6 is 0 Å². The molecule has 0 saturated carbocycles. The van der Waals surface area contributed by atoms with Crippen LogP contribution in [0.3, 0.4) is 0 Å². The molecule has 0 amide bonds. The van der Waals surface area contributed by atoms with Gasteiger partial charge in [-0.25, -0.2) is 0 Å². The first-order valence-corrected chi connectivity index (χ1v) is 47.2. The lowest BCUT2D eigenvalue weighted by Gasteiger charge is -2.26. The molecular weight excluding hydrogens is 1670 g/mol. The average molecular weight is 1760 g/mol. The second kappa shape index (κ2) is 34.0. The summed E-state index contributed by atoms with van der Waals surface area (Å²) in [5, 5.41) is 9.31. The molecule has 0 N–H and O–H groups in total. The van der Waals surface area contributed by atoms with Crippen molar-refractivity contribution in [3.63, 3.8) is 0 Å². The minimum atomic E-state index is 0.885. The summed E-state index contributed by atoms with van der Waals surface area (Å²) >= 11 is 0. The van der Waals surface area contributed by atoms with Gasteiger partial charge in [0.15, 0.2) is 0 Å². The first kappa shape index (κ1) is 80.5. The summed E-state index contributed by atoms with van der Waals surface area (Å²) in [6, 6.07) is 190. The van der Waals surface area contributed by atoms with E-state index in [0.29, 0.717) is 0 Å². The van der Waals surface area contributed by atoms with Crippen LogP contribution < -0.4 is 9.80 Å². The van der Waals surface area contributed by atoms with Gasteiger partial charge in [0, 0.05) is 99.7 Å². The number of anilines is 6. The molecule has 0 fully saturated rings. The zero-order valence-electron chi connectivity index (χ0n) is 75.3. The topological polar surface area (TPSA) is 42.6 Å². The van der Waals surface area contributed by atoms with Gasteiger partial charge in [0.1, 0.15) is 22.3 Å². The van der Waals surface area contributed by atoms with Crippen LogP contribution in [0.2, 0.25) is 0 Å². The number of nitrogens with zero attached hydrogens (tertiary/aromatic N) is 4. The molecule has 6 heteroatoms. The molecule has 0 unspecified atom stereocenters. The van der Waals surface area contributed by atoms with Gasteiger partial charge in [0.05, 0.1) is 22.1 Å². The summed E-state index contributed by atoms with van der Waals surface area (Å²) < 4.78 is 18.0. The minimum absolute atomic E-state index is 0.885. The van der Waals surface area contributed by atoms with E-state index < -0.39 is 0 Å². The number of aromatic nitrogens is 2. The molecule has 138 heavy (non-hydrogen) atoms. The number of fused-ring (bicyclic) bond motifs is 12. The van der Waals surface area contributed by atoms with Crippen LogP contribution in [-0.2, 0) is 0 Å². The fraction of sp³-hybridized carbons (Fsp3) is 0. The first-order valence-electron chi connectivity index (χ1n) is 47.2.